The second kappa shape index (κ2) is 8.32. The predicted molar refractivity (Wildman–Crippen MR) is 106 cm³/mol. The van der Waals surface area contributed by atoms with Gasteiger partial charge in [-0.05, 0) is 49.9 Å². The van der Waals surface area contributed by atoms with E-state index >= 15 is 0 Å². The van der Waals surface area contributed by atoms with Gasteiger partial charge in [0, 0.05) is 32.0 Å². The van der Waals surface area contributed by atoms with Crippen molar-refractivity contribution in [1.29, 1.82) is 0 Å². The van der Waals surface area contributed by atoms with E-state index in [1.165, 1.54) is 15.2 Å². The molecule has 1 N–H and O–H groups in total. The van der Waals surface area contributed by atoms with Gasteiger partial charge in [0.05, 0.1) is 12.2 Å². The Kier molecular flexibility index (Phi) is 6.04. The standard InChI is InChI=1S/C19H26N4O4S/c1-4-27-16-7-5-15(6-8-16)20-18(24)17-13-22(3)21-19(17)28(25,26)23-11-9-14(2)10-12-23/h5-8,13-14H,4,9-12H2,1-3H3,(H,20,24). The predicted octanol–water partition coefficient (Wildman–Crippen LogP) is 2.49. The number of aromatic nitrogens is 2. The molecule has 1 aromatic heterocycles. The summed E-state index contributed by atoms with van der Waals surface area (Å²) in [5.41, 5.74) is 0.586. The van der Waals surface area contributed by atoms with Gasteiger partial charge in [0.2, 0.25) is 5.03 Å². The highest BCUT2D eigenvalue weighted by molar-refractivity contribution is 7.89. The zero-order valence-electron chi connectivity index (χ0n) is 16.4. The maximum atomic E-state index is 13.1. The van der Waals surface area contributed by atoms with Crippen molar-refractivity contribution in [2.75, 3.05) is 25.0 Å². The van der Waals surface area contributed by atoms with Crippen molar-refractivity contribution in [1.82, 2.24) is 14.1 Å². The van der Waals surface area contributed by atoms with Crippen LogP contribution in [-0.2, 0) is 17.1 Å². The fourth-order valence-electron chi connectivity index (χ4n) is 3.16. The van der Waals surface area contributed by atoms with Gasteiger partial charge < -0.3 is 10.1 Å². The van der Waals surface area contributed by atoms with Gasteiger partial charge in [-0.15, -0.1) is 0 Å². The third-order valence-corrected chi connectivity index (χ3v) is 6.62. The van der Waals surface area contributed by atoms with Crippen molar-refractivity contribution in [2.45, 2.75) is 31.7 Å². The van der Waals surface area contributed by atoms with Crippen LogP contribution in [0.3, 0.4) is 0 Å². The van der Waals surface area contributed by atoms with Crippen LogP contribution in [0.2, 0.25) is 0 Å². The van der Waals surface area contributed by atoms with Gasteiger partial charge in [-0.25, -0.2) is 8.42 Å². The highest BCUT2D eigenvalue weighted by Crippen LogP contribution is 2.25. The molecule has 1 aliphatic rings. The van der Waals surface area contributed by atoms with E-state index in [2.05, 4.69) is 17.3 Å². The fourth-order valence-corrected chi connectivity index (χ4v) is 4.75. The van der Waals surface area contributed by atoms with Crippen LogP contribution in [0.5, 0.6) is 5.75 Å². The van der Waals surface area contributed by atoms with E-state index in [1.54, 1.807) is 31.3 Å². The first kappa shape index (κ1) is 20.3. The largest absolute Gasteiger partial charge is 0.494 e. The van der Waals surface area contributed by atoms with Crippen LogP contribution in [0.25, 0.3) is 0 Å². The lowest BCUT2D eigenvalue weighted by Crippen LogP contribution is -2.38. The van der Waals surface area contributed by atoms with Crippen molar-refractivity contribution < 1.29 is 17.9 Å². The summed E-state index contributed by atoms with van der Waals surface area (Å²) in [5, 5.41) is 6.62. The van der Waals surface area contributed by atoms with Crippen molar-refractivity contribution in [3.8, 4) is 5.75 Å². The molecule has 152 valence electrons. The summed E-state index contributed by atoms with van der Waals surface area (Å²) >= 11 is 0. The number of amides is 1. The molecule has 0 atom stereocenters. The quantitative estimate of drug-likeness (QED) is 0.795. The average molecular weight is 407 g/mol. The van der Waals surface area contributed by atoms with E-state index in [4.69, 9.17) is 4.74 Å². The molecule has 2 heterocycles. The van der Waals surface area contributed by atoms with Crippen LogP contribution >= 0.6 is 0 Å². The van der Waals surface area contributed by atoms with E-state index < -0.39 is 15.9 Å². The first-order valence-corrected chi connectivity index (χ1v) is 10.8. The topological polar surface area (TPSA) is 93.5 Å². The Bertz CT molecular complexity index is 929. The Balaban J connectivity index is 1.82. The number of hydrogen-bond acceptors (Lipinski definition) is 5. The molecular formula is C19H26N4O4S. The van der Waals surface area contributed by atoms with Crippen molar-refractivity contribution >= 4 is 21.6 Å². The Morgan fingerprint density at radius 3 is 2.50 bits per heavy atom. The monoisotopic (exact) mass is 406 g/mol. The molecule has 0 radical (unpaired) electrons. The average Bonchev–Trinajstić information content (AvgIpc) is 3.07. The third-order valence-electron chi connectivity index (χ3n) is 4.79. The molecule has 3 rings (SSSR count). The molecule has 1 amide bonds. The van der Waals surface area contributed by atoms with Gasteiger partial charge in [-0.1, -0.05) is 6.92 Å². The van der Waals surface area contributed by atoms with Crippen LogP contribution in [0, 0.1) is 5.92 Å². The second-order valence-electron chi connectivity index (χ2n) is 7.02. The molecular weight excluding hydrogens is 380 g/mol. The van der Waals surface area contributed by atoms with Gasteiger partial charge >= 0.3 is 0 Å². The summed E-state index contributed by atoms with van der Waals surface area (Å²) in [7, 11) is -2.22. The molecule has 0 unspecified atom stereocenters. The molecule has 8 nitrogen and oxygen atoms in total. The van der Waals surface area contributed by atoms with Crippen molar-refractivity contribution in [2.24, 2.45) is 13.0 Å². The number of ether oxygens (including phenoxy) is 1. The van der Waals surface area contributed by atoms with Crippen LogP contribution in [0.15, 0.2) is 35.5 Å². The molecule has 1 aromatic carbocycles. The number of nitrogens with one attached hydrogen (secondary N) is 1. The first-order valence-electron chi connectivity index (χ1n) is 9.39. The number of rotatable bonds is 6. The number of benzene rings is 1. The van der Waals surface area contributed by atoms with Crippen LogP contribution in [0.1, 0.15) is 37.0 Å². The van der Waals surface area contributed by atoms with E-state index in [1.807, 2.05) is 6.92 Å². The maximum Gasteiger partial charge on any atom is 0.263 e. The lowest BCUT2D eigenvalue weighted by Gasteiger charge is -2.28. The number of hydrogen-bond donors (Lipinski definition) is 1. The zero-order valence-corrected chi connectivity index (χ0v) is 17.2. The minimum Gasteiger partial charge on any atom is -0.494 e. The van der Waals surface area contributed by atoms with Crippen molar-refractivity contribution in [3.63, 3.8) is 0 Å². The summed E-state index contributed by atoms with van der Waals surface area (Å²) in [6.07, 6.45) is 3.04. The molecule has 0 aliphatic carbocycles. The highest BCUT2D eigenvalue weighted by Gasteiger charge is 2.34. The van der Waals surface area contributed by atoms with Crippen LogP contribution < -0.4 is 10.1 Å². The summed E-state index contributed by atoms with van der Waals surface area (Å²) in [4.78, 5) is 12.8. The normalized spacial score (nSPS) is 16.1. The molecule has 0 bridgehead atoms. The minimum atomic E-state index is -3.83. The molecule has 9 heteroatoms. The second-order valence-corrected chi connectivity index (χ2v) is 8.87. The lowest BCUT2D eigenvalue weighted by molar-refractivity contribution is 0.102. The van der Waals surface area contributed by atoms with Gasteiger partial charge in [0.15, 0.2) is 0 Å². The summed E-state index contributed by atoms with van der Waals surface area (Å²) in [6, 6.07) is 6.91. The fraction of sp³-hybridized carbons (Fsp3) is 0.474. The van der Waals surface area contributed by atoms with Gasteiger partial charge in [0.25, 0.3) is 15.9 Å². The number of carbonyl (C=O) groups excluding carboxylic acids is 1. The SMILES string of the molecule is CCOc1ccc(NC(=O)c2cn(C)nc2S(=O)(=O)N2CCC(C)CC2)cc1. The summed E-state index contributed by atoms with van der Waals surface area (Å²) in [5.74, 6) is 0.684. The minimum absolute atomic E-state index is 0.0370. The Labute approximate surface area is 165 Å². The molecule has 2 aromatic rings. The number of nitrogens with zero attached hydrogens (tertiary/aromatic N) is 3. The van der Waals surface area contributed by atoms with E-state index in [-0.39, 0.29) is 10.6 Å². The number of piperidine rings is 1. The number of anilines is 1. The molecule has 1 fully saturated rings. The van der Waals surface area contributed by atoms with E-state index in [0.29, 0.717) is 37.1 Å². The van der Waals surface area contributed by atoms with Gasteiger partial charge in [0.1, 0.15) is 5.75 Å². The Hall–Kier alpha value is -2.39. The molecule has 0 spiro atoms. The van der Waals surface area contributed by atoms with Crippen molar-refractivity contribution in [3.05, 3.63) is 36.0 Å². The van der Waals surface area contributed by atoms with Crippen LogP contribution in [-0.4, -0.2) is 48.1 Å². The van der Waals surface area contributed by atoms with Gasteiger partial charge in [-0.3, -0.25) is 9.48 Å². The Morgan fingerprint density at radius 2 is 1.89 bits per heavy atom. The van der Waals surface area contributed by atoms with Crippen LogP contribution in [0.4, 0.5) is 5.69 Å². The number of carbonyl (C=O) groups is 1. The number of aryl methyl sites for hydroxylation is 1. The first-order chi connectivity index (χ1) is 13.3. The van der Waals surface area contributed by atoms with E-state index in [0.717, 1.165) is 12.8 Å². The van der Waals surface area contributed by atoms with E-state index in [9.17, 15) is 13.2 Å². The summed E-state index contributed by atoms with van der Waals surface area (Å²) < 4.78 is 34.3. The number of sulfonamides is 1. The molecule has 28 heavy (non-hydrogen) atoms. The zero-order chi connectivity index (χ0) is 20.3. The lowest BCUT2D eigenvalue weighted by atomic mass is 10.0. The smallest absolute Gasteiger partial charge is 0.263 e. The highest BCUT2D eigenvalue weighted by atomic mass is 32.2. The molecule has 1 saturated heterocycles. The Morgan fingerprint density at radius 1 is 1.25 bits per heavy atom. The summed E-state index contributed by atoms with van der Waals surface area (Å²) in [6.45, 7) is 5.45. The van der Waals surface area contributed by atoms with Gasteiger partial charge in [-0.2, -0.15) is 9.40 Å². The maximum absolute atomic E-state index is 13.1. The molecule has 1 aliphatic heterocycles. The third kappa shape index (κ3) is 4.36. The molecule has 0 saturated carbocycles.